The lowest BCUT2D eigenvalue weighted by atomic mass is 10.1. The van der Waals surface area contributed by atoms with Crippen molar-refractivity contribution in [3.05, 3.63) is 71.9 Å². The molecule has 6 rings (SSSR count). The molecule has 0 bridgehead atoms. The monoisotopic (exact) mass is 437 g/mol. The van der Waals surface area contributed by atoms with Gasteiger partial charge in [0.2, 0.25) is 5.91 Å². The van der Waals surface area contributed by atoms with Gasteiger partial charge in [-0.1, -0.05) is 0 Å². The minimum absolute atomic E-state index is 0.0789. The van der Waals surface area contributed by atoms with Crippen LogP contribution in [0.4, 0.5) is 11.5 Å². The zero-order chi connectivity index (χ0) is 22.5. The number of pyridine rings is 1. The number of aromatic nitrogens is 5. The maximum Gasteiger partial charge on any atom is 0.228 e. The lowest BCUT2D eigenvalue weighted by molar-refractivity contribution is -0.115. The summed E-state index contributed by atoms with van der Waals surface area (Å²) in [7, 11) is 1.96. The van der Waals surface area contributed by atoms with Gasteiger partial charge in [-0.25, -0.2) is 15.0 Å². The Morgan fingerprint density at radius 3 is 2.82 bits per heavy atom. The van der Waals surface area contributed by atoms with Gasteiger partial charge in [-0.2, -0.15) is 0 Å². The summed E-state index contributed by atoms with van der Waals surface area (Å²) in [5.74, 6) is 0.403. The van der Waals surface area contributed by atoms with Crippen molar-refractivity contribution >= 4 is 39.5 Å². The molecule has 0 saturated heterocycles. The molecule has 0 atom stereocenters. The molecule has 0 unspecified atom stereocenters. The van der Waals surface area contributed by atoms with Gasteiger partial charge in [-0.15, -0.1) is 0 Å². The summed E-state index contributed by atoms with van der Waals surface area (Å²) < 4.78 is 4.13. The van der Waals surface area contributed by atoms with Gasteiger partial charge in [-0.05, 0) is 66.8 Å². The van der Waals surface area contributed by atoms with Crippen LogP contribution in [0.3, 0.4) is 0 Å². The van der Waals surface area contributed by atoms with Crippen LogP contribution in [0.1, 0.15) is 23.2 Å². The Labute approximate surface area is 190 Å². The molecule has 0 saturated carbocycles. The van der Waals surface area contributed by atoms with Crippen molar-refractivity contribution in [3.8, 4) is 5.69 Å². The number of carbonyl (C=O) groups is 1. The topological polar surface area (TPSA) is 104 Å². The molecule has 1 amide bonds. The molecule has 8 nitrogen and oxygen atoms in total. The minimum Gasteiger partial charge on any atom is -0.382 e. The summed E-state index contributed by atoms with van der Waals surface area (Å²) in [6.07, 6.45) is 8.63. The van der Waals surface area contributed by atoms with E-state index in [1.54, 1.807) is 6.20 Å². The summed E-state index contributed by atoms with van der Waals surface area (Å²) in [6, 6.07) is 11.8. The van der Waals surface area contributed by atoms with E-state index < -0.39 is 0 Å². The predicted octanol–water partition coefficient (Wildman–Crippen LogP) is 3.56. The third-order valence-corrected chi connectivity index (χ3v) is 6.36. The lowest BCUT2D eigenvalue weighted by Crippen LogP contribution is -2.14. The van der Waals surface area contributed by atoms with Gasteiger partial charge in [0.25, 0.3) is 0 Å². The molecule has 3 N–H and O–H groups in total. The van der Waals surface area contributed by atoms with Crippen molar-refractivity contribution in [2.75, 3.05) is 11.1 Å². The fourth-order valence-corrected chi connectivity index (χ4v) is 4.86. The maximum absolute atomic E-state index is 12.6. The standard InChI is InChI=1S/C25H23N7O/c1-31-10-9-16-11-15(13-27-25(16)31)12-21(33)30-17-5-7-18(8-6-17)32-20-4-2-3-19(20)22-23(32)24(26)29-14-28-22/h5-11,13-14H,2-4,12H2,1H3,(H,30,33)(H2,26,28,29). The average molecular weight is 438 g/mol. The van der Waals surface area contributed by atoms with Crippen LogP contribution in [0.2, 0.25) is 0 Å². The average Bonchev–Trinajstić information content (AvgIpc) is 3.50. The highest BCUT2D eigenvalue weighted by Crippen LogP contribution is 2.36. The van der Waals surface area contributed by atoms with Crippen molar-refractivity contribution in [2.24, 2.45) is 7.05 Å². The highest BCUT2D eigenvalue weighted by atomic mass is 16.1. The van der Waals surface area contributed by atoms with Crippen LogP contribution in [0.25, 0.3) is 27.8 Å². The zero-order valence-electron chi connectivity index (χ0n) is 18.2. The smallest absolute Gasteiger partial charge is 0.228 e. The van der Waals surface area contributed by atoms with E-state index in [1.807, 2.05) is 54.2 Å². The number of fused-ring (bicyclic) bond motifs is 4. The number of aryl methyl sites for hydroxylation is 2. The first-order chi connectivity index (χ1) is 16.1. The van der Waals surface area contributed by atoms with E-state index in [0.29, 0.717) is 5.82 Å². The van der Waals surface area contributed by atoms with Gasteiger partial charge in [-0.3, -0.25) is 4.79 Å². The van der Waals surface area contributed by atoms with Crippen LogP contribution >= 0.6 is 0 Å². The Hall–Kier alpha value is -4.20. The highest BCUT2D eigenvalue weighted by molar-refractivity contribution is 5.94. The molecule has 1 aliphatic rings. The van der Waals surface area contributed by atoms with Crippen LogP contribution in [0.15, 0.2) is 55.1 Å². The molecule has 0 radical (unpaired) electrons. The second-order valence-electron chi connectivity index (χ2n) is 8.53. The van der Waals surface area contributed by atoms with Crippen LogP contribution in [0, 0.1) is 0 Å². The Balaban J connectivity index is 1.24. The zero-order valence-corrected chi connectivity index (χ0v) is 18.2. The number of anilines is 2. The predicted molar refractivity (Wildman–Crippen MR) is 128 cm³/mol. The number of nitrogen functional groups attached to an aromatic ring is 1. The third kappa shape index (κ3) is 3.22. The molecule has 5 aromatic rings. The summed E-state index contributed by atoms with van der Waals surface area (Å²) in [4.78, 5) is 25.8. The van der Waals surface area contributed by atoms with Crippen molar-refractivity contribution < 1.29 is 4.79 Å². The minimum atomic E-state index is -0.0789. The van der Waals surface area contributed by atoms with E-state index in [2.05, 4.69) is 24.8 Å². The molecule has 33 heavy (non-hydrogen) atoms. The largest absolute Gasteiger partial charge is 0.382 e. The second kappa shape index (κ2) is 7.44. The van der Waals surface area contributed by atoms with Gasteiger partial charge in [0.05, 0.1) is 11.9 Å². The van der Waals surface area contributed by atoms with Crippen molar-refractivity contribution in [3.63, 3.8) is 0 Å². The normalized spacial score (nSPS) is 13.0. The van der Waals surface area contributed by atoms with Crippen LogP contribution in [-0.4, -0.2) is 30.0 Å². The molecule has 1 aromatic carbocycles. The number of carbonyl (C=O) groups excluding carboxylic acids is 1. The van der Waals surface area contributed by atoms with E-state index in [1.165, 1.54) is 17.6 Å². The number of benzene rings is 1. The van der Waals surface area contributed by atoms with Gasteiger partial charge in [0, 0.05) is 41.9 Å². The molecule has 1 aliphatic carbocycles. The summed E-state index contributed by atoms with van der Waals surface area (Å²) in [6.45, 7) is 0. The Morgan fingerprint density at radius 2 is 1.97 bits per heavy atom. The first-order valence-electron chi connectivity index (χ1n) is 11.0. The van der Waals surface area contributed by atoms with Crippen LogP contribution in [0.5, 0.6) is 0 Å². The Kier molecular flexibility index (Phi) is 4.39. The van der Waals surface area contributed by atoms with Gasteiger partial charge >= 0.3 is 0 Å². The first kappa shape index (κ1) is 19.5. The number of hydrogen-bond acceptors (Lipinski definition) is 5. The summed E-state index contributed by atoms with van der Waals surface area (Å²) >= 11 is 0. The number of amides is 1. The van der Waals surface area contributed by atoms with Crippen molar-refractivity contribution in [1.82, 2.24) is 24.1 Å². The molecule has 4 aromatic heterocycles. The SMILES string of the molecule is Cn1ccc2cc(CC(=O)Nc3ccc(-n4c5c(c6ncnc(N)c64)CCC5)cc3)cnc21. The summed E-state index contributed by atoms with van der Waals surface area (Å²) in [5.41, 5.74) is 14.1. The van der Waals surface area contributed by atoms with Gasteiger partial charge < -0.3 is 20.2 Å². The quantitative estimate of drug-likeness (QED) is 0.447. The van der Waals surface area contributed by atoms with E-state index in [0.717, 1.165) is 58.3 Å². The van der Waals surface area contributed by atoms with E-state index in [4.69, 9.17) is 5.73 Å². The molecular weight excluding hydrogens is 414 g/mol. The van der Waals surface area contributed by atoms with Crippen LogP contribution in [-0.2, 0) is 31.1 Å². The lowest BCUT2D eigenvalue weighted by Gasteiger charge is -2.12. The highest BCUT2D eigenvalue weighted by Gasteiger charge is 2.25. The van der Waals surface area contributed by atoms with Crippen molar-refractivity contribution in [1.29, 1.82) is 0 Å². The molecule has 4 heterocycles. The number of nitrogens with zero attached hydrogens (tertiary/aromatic N) is 5. The summed E-state index contributed by atoms with van der Waals surface area (Å²) in [5, 5.41) is 4.02. The van der Waals surface area contributed by atoms with E-state index in [9.17, 15) is 4.79 Å². The Morgan fingerprint density at radius 1 is 1.12 bits per heavy atom. The fourth-order valence-electron chi connectivity index (χ4n) is 4.86. The number of hydrogen-bond donors (Lipinski definition) is 2. The molecular formula is C25H23N7O. The van der Waals surface area contributed by atoms with Crippen molar-refractivity contribution in [2.45, 2.75) is 25.7 Å². The van der Waals surface area contributed by atoms with E-state index >= 15 is 0 Å². The molecule has 0 fully saturated rings. The fraction of sp³-hybridized carbons (Fsp3) is 0.200. The number of nitrogens with one attached hydrogen (secondary N) is 1. The number of rotatable bonds is 4. The molecule has 0 spiro atoms. The van der Waals surface area contributed by atoms with Gasteiger partial charge in [0.1, 0.15) is 17.5 Å². The van der Waals surface area contributed by atoms with E-state index in [-0.39, 0.29) is 12.3 Å². The Bertz CT molecular complexity index is 1530. The third-order valence-electron chi connectivity index (χ3n) is 6.36. The molecule has 8 heteroatoms. The molecule has 0 aliphatic heterocycles. The first-order valence-corrected chi connectivity index (χ1v) is 11.0. The molecule has 164 valence electrons. The number of nitrogens with two attached hydrogens (primary N) is 1. The second-order valence-corrected chi connectivity index (χ2v) is 8.53. The van der Waals surface area contributed by atoms with Gasteiger partial charge in [0.15, 0.2) is 5.82 Å². The maximum atomic E-state index is 12.6. The van der Waals surface area contributed by atoms with Crippen LogP contribution < -0.4 is 11.1 Å².